The molecule has 0 heterocycles. The van der Waals surface area contributed by atoms with Gasteiger partial charge >= 0.3 is 0 Å². The second-order valence-corrected chi connectivity index (χ2v) is 3.95. The Balaban J connectivity index is 2.54. The fourth-order valence-corrected chi connectivity index (χ4v) is 1.41. The molecular weight excluding hydrogens is 244 g/mol. The molecule has 0 saturated heterocycles. The van der Waals surface area contributed by atoms with Crippen LogP contribution >= 0.6 is 15.9 Å². The molecule has 0 bridgehead atoms. The Morgan fingerprint density at radius 1 is 1.57 bits per heavy atom. The number of hydrogen-bond acceptors (Lipinski definition) is 2. The first-order valence-corrected chi connectivity index (χ1v) is 5.17. The number of rotatable bonds is 3. The summed E-state index contributed by atoms with van der Waals surface area (Å²) < 4.78 is 0.991. The number of nitrogens with two attached hydrogens (primary N) is 1. The number of benzene rings is 1. The lowest BCUT2D eigenvalue weighted by atomic mass is 10.2. The van der Waals surface area contributed by atoms with E-state index in [9.17, 15) is 4.79 Å². The van der Waals surface area contributed by atoms with Gasteiger partial charge in [0.1, 0.15) is 0 Å². The van der Waals surface area contributed by atoms with Crippen molar-refractivity contribution in [3.8, 4) is 0 Å². The van der Waals surface area contributed by atoms with Crippen molar-refractivity contribution in [1.29, 1.82) is 0 Å². The van der Waals surface area contributed by atoms with Gasteiger partial charge in [-0.15, -0.1) is 0 Å². The summed E-state index contributed by atoms with van der Waals surface area (Å²) >= 11 is 3.40. The van der Waals surface area contributed by atoms with Crippen LogP contribution in [0.1, 0.15) is 12.5 Å². The lowest BCUT2D eigenvalue weighted by Gasteiger charge is -2.08. The van der Waals surface area contributed by atoms with E-state index >= 15 is 0 Å². The Bertz CT molecular complexity index is 326. The topological polar surface area (TPSA) is 55.1 Å². The van der Waals surface area contributed by atoms with Gasteiger partial charge in [0.05, 0.1) is 6.04 Å². The van der Waals surface area contributed by atoms with E-state index in [0.29, 0.717) is 6.54 Å². The van der Waals surface area contributed by atoms with Gasteiger partial charge in [-0.05, 0) is 18.6 Å². The van der Waals surface area contributed by atoms with E-state index in [1.54, 1.807) is 6.92 Å². The van der Waals surface area contributed by atoms with Gasteiger partial charge in [0, 0.05) is 11.0 Å². The van der Waals surface area contributed by atoms with Crippen LogP contribution in [0.5, 0.6) is 0 Å². The monoisotopic (exact) mass is 256 g/mol. The highest BCUT2D eigenvalue weighted by molar-refractivity contribution is 9.10. The largest absolute Gasteiger partial charge is 0.351 e. The summed E-state index contributed by atoms with van der Waals surface area (Å²) in [7, 11) is 0. The lowest BCUT2D eigenvalue weighted by molar-refractivity contribution is -0.122. The average molecular weight is 257 g/mol. The minimum absolute atomic E-state index is 0.138. The highest BCUT2D eigenvalue weighted by Gasteiger charge is 2.06. The standard InChI is InChI=1S/C10H13BrN2O/c1-7(12)10(14)13-6-8-4-2-3-5-9(8)11/h2-5,7H,6,12H2,1H3,(H,13,14)/t7-/m1/s1. The highest BCUT2D eigenvalue weighted by Crippen LogP contribution is 2.15. The number of carbonyl (C=O) groups is 1. The zero-order chi connectivity index (χ0) is 10.6. The van der Waals surface area contributed by atoms with Crippen molar-refractivity contribution in [3.63, 3.8) is 0 Å². The Kier molecular flexibility index (Phi) is 4.10. The quantitative estimate of drug-likeness (QED) is 0.860. The smallest absolute Gasteiger partial charge is 0.236 e. The lowest BCUT2D eigenvalue weighted by Crippen LogP contribution is -2.37. The number of nitrogens with one attached hydrogen (secondary N) is 1. The normalized spacial score (nSPS) is 12.2. The average Bonchev–Trinajstić information content (AvgIpc) is 2.16. The predicted octanol–water partition coefficient (Wildman–Crippen LogP) is 1.41. The zero-order valence-electron chi connectivity index (χ0n) is 7.96. The molecule has 1 rings (SSSR count). The van der Waals surface area contributed by atoms with Crippen LogP contribution in [0.2, 0.25) is 0 Å². The molecule has 0 spiro atoms. The van der Waals surface area contributed by atoms with Gasteiger partial charge in [0.15, 0.2) is 0 Å². The maximum Gasteiger partial charge on any atom is 0.236 e. The summed E-state index contributed by atoms with van der Waals surface area (Å²) in [5, 5.41) is 2.75. The molecule has 0 aliphatic rings. The van der Waals surface area contributed by atoms with Gasteiger partial charge in [-0.2, -0.15) is 0 Å². The van der Waals surface area contributed by atoms with Gasteiger partial charge in [-0.25, -0.2) is 0 Å². The molecule has 14 heavy (non-hydrogen) atoms. The molecule has 0 fully saturated rings. The summed E-state index contributed by atoms with van der Waals surface area (Å²) in [4.78, 5) is 11.2. The molecule has 3 nitrogen and oxygen atoms in total. The highest BCUT2D eigenvalue weighted by atomic mass is 79.9. The van der Waals surface area contributed by atoms with E-state index in [1.807, 2.05) is 24.3 Å². The van der Waals surface area contributed by atoms with Crippen LogP contribution in [0, 0.1) is 0 Å². The van der Waals surface area contributed by atoms with Gasteiger partial charge in [-0.1, -0.05) is 34.1 Å². The van der Waals surface area contributed by atoms with E-state index in [4.69, 9.17) is 5.73 Å². The maximum atomic E-state index is 11.2. The summed E-state index contributed by atoms with van der Waals surface area (Å²) in [6.07, 6.45) is 0. The SMILES string of the molecule is C[C@@H](N)C(=O)NCc1ccccc1Br. The van der Waals surface area contributed by atoms with Crippen LogP contribution in [-0.4, -0.2) is 11.9 Å². The molecule has 3 N–H and O–H groups in total. The van der Waals surface area contributed by atoms with E-state index in [1.165, 1.54) is 0 Å². The second kappa shape index (κ2) is 5.12. The first kappa shape index (κ1) is 11.2. The molecule has 0 aliphatic heterocycles. The summed E-state index contributed by atoms with van der Waals surface area (Å²) in [5.41, 5.74) is 6.46. The van der Waals surface area contributed by atoms with E-state index in [0.717, 1.165) is 10.0 Å². The van der Waals surface area contributed by atoms with Gasteiger partial charge in [0.2, 0.25) is 5.91 Å². The molecule has 0 saturated carbocycles. The zero-order valence-corrected chi connectivity index (χ0v) is 9.54. The Morgan fingerprint density at radius 3 is 2.79 bits per heavy atom. The third-order valence-electron chi connectivity index (χ3n) is 1.82. The van der Waals surface area contributed by atoms with Crippen LogP contribution in [0.25, 0.3) is 0 Å². The van der Waals surface area contributed by atoms with Crippen LogP contribution in [0.4, 0.5) is 0 Å². The molecule has 76 valence electrons. The molecule has 1 aromatic carbocycles. The van der Waals surface area contributed by atoms with Crippen molar-refractivity contribution in [2.24, 2.45) is 5.73 Å². The van der Waals surface area contributed by atoms with Gasteiger partial charge in [0.25, 0.3) is 0 Å². The van der Waals surface area contributed by atoms with Gasteiger partial charge < -0.3 is 11.1 Å². The molecule has 0 unspecified atom stereocenters. The number of hydrogen-bond donors (Lipinski definition) is 2. The van der Waals surface area contributed by atoms with Crippen LogP contribution in [0.15, 0.2) is 28.7 Å². The molecule has 0 aromatic heterocycles. The summed E-state index contributed by atoms with van der Waals surface area (Å²) in [6.45, 7) is 2.16. The third-order valence-corrected chi connectivity index (χ3v) is 2.60. The van der Waals surface area contributed by atoms with Crippen molar-refractivity contribution in [2.45, 2.75) is 19.5 Å². The minimum atomic E-state index is -0.461. The first-order valence-electron chi connectivity index (χ1n) is 4.38. The predicted molar refractivity (Wildman–Crippen MR) is 59.6 cm³/mol. The van der Waals surface area contributed by atoms with Crippen LogP contribution < -0.4 is 11.1 Å². The number of halogens is 1. The Morgan fingerprint density at radius 2 is 2.21 bits per heavy atom. The molecule has 1 amide bonds. The number of carbonyl (C=O) groups excluding carboxylic acids is 1. The van der Waals surface area contributed by atoms with E-state index < -0.39 is 6.04 Å². The van der Waals surface area contributed by atoms with Crippen molar-refractivity contribution in [3.05, 3.63) is 34.3 Å². The summed E-state index contributed by atoms with van der Waals surface area (Å²) in [5.74, 6) is -0.138. The Hall–Kier alpha value is -0.870. The molecular formula is C10H13BrN2O. The maximum absolute atomic E-state index is 11.2. The van der Waals surface area contributed by atoms with Crippen molar-refractivity contribution >= 4 is 21.8 Å². The molecule has 1 aromatic rings. The van der Waals surface area contributed by atoms with Crippen molar-refractivity contribution in [1.82, 2.24) is 5.32 Å². The van der Waals surface area contributed by atoms with Crippen molar-refractivity contribution in [2.75, 3.05) is 0 Å². The van der Waals surface area contributed by atoms with Gasteiger partial charge in [-0.3, -0.25) is 4.79 Å². The molecule has 4 heteroatoms. The third kappa shape index (κ3) is 3.12. The molecule has 1 atom stereocenters. The molecule has 0 aliphatic carbocycles. The minimum Gasteiger partial charge on any atom is -0.351 e. The van der Waals surface area contributed by atoms with E-state index in [2.05, 4.69) is 21.2 Å². The first-order chi connectivity index (χ1) is 6.61. The summed E-state index contributed by atoms with van der Waals surface area (Å²) in [6, 6.07) is 7.29. The van der Waals surface area contributed by atoms with Crippen molar-refractivity contribution < 1.29 is 4.79 Å². The van der Waals surface area contributed by atoms with Crippen LogP contribution in [-0.2, 0) is 11.3 Å². The fraction of sp³-hybridized carbons (Fsp3) is 0.300. The Labute approximate surface area is 91.8 Å². The van der Waals surface area contributed by atoms with Crippen LogP contribution in [0.3, 0.4) is 0 Å². The second-order valence-electron chi connectivity index (χ2n) is 3.10. The van der Waals surface area contributed by atoms with E-state index in [-0.39, 0.29) is 5.91 Å². The molecule has 0 radical (unpaired) electrons. The number of amides is 1. The fourth-order valence-electron chi connectivity index (χ4n) is 0.985.